The summed E-state index contributed by atoms with van der Waals surface area (Å²) in [6, 6.07) is 6.08. The number of hydrogen-bond acceptors (Lipinski definition) is 5. The van der Waals surface area contributed by atoms with Crippen LogP contribution in [0.4, 0.5) is 4.39 Å². The van der Waals surface area contributed by atoms with Gasteiger partial charge in [0, 0.05) is 38.6 Å². The first-order valence-electron chi connectivity index (χ1n) is 10.7. The number of amides is 1. The summed E-state index contributed by atoms with van der Waals surface area (Å²) in [5.74, 6) is -0.144. The number of nitrogens with zero attached hydrogens (tertiary/aromatic N) is 2. The fraction of sp³-hybridized carbons (Fsp3) is 0.522. The van der Waals surface area contributed by atoms with Crippen molar-refractivity contribution in [2.75, 3.05) is 20.3 Å². The molecule has 7 nitrogen and oxygen atoms in total. The van der Waals surface area contributed by atoms with E-state index in [2.05, 4.69) is 10.3 Å². The number of aromatic nitrogens is 2. The third-order valence-electron chi connectivity index (χ3n) is 5.34. The van der Waals surface area contributed by atoms with E-state index in [0.717, 1.165) is 24.1 Å². The van der Waals surface area contributed by atoms with Crippen molar-refractivity contribution in [2.24, 2.45) is 0 Å². The molecule has 1 atom stereocenters. The molecule has 1 N–H and O–H groups in total. The fourth-order valence-electron chi connectivity index (χ4n) is 3.87. The van der Waals surface area contributed by atoms with Gasteiger partial charge in [-0.25, -0.2) is 9.37 Å². The third-order valence-corrected chi connectivity index (χ3v) is 5.34. The van der Waals surface area contributed by atoms with Crippen LogP contribution in [0.5, 0.6) is 0 Å². The summed E-state index contributed by atoms with van der Waals surface area (Å²) >= 11 is 0. The van der Waals surface area contributed by atoms with Crippen LogP contribution in [0.2, 0.25) is 0 Å². The van der Waals surface area contributed by atoms with Crippen LogP contribution in [0.15, 0.2) is 24.3 Å². The number of nitrogens with one attached hydrogen (secondary N) is 1. The van der Waals surface area contributed by atoms with Gasteiger partial charge >= 0.3 is 5.97 Å². The molecule has 0 bridgehead atoms. The largest absolute Gasteiger partial charge is 0.462 e. The van der Waals surface area contributed by atoms with Gasteiger partial charge in [-0.1, -0.05) is 13.8 Å². The van der Waals surface area contributed by atoms with Gasteiger partial charge < -0.3 is 19.4 Å². The summed E-state index contributed by atoms with van der Waals surface area (Å²) in [6.07, 6.45) is 2.59. The number of halogens is 1. The highest BCUT2D eigenvalue weighted by Gasteiger charge is 2.27. The van der Waals surface area contributed by atoms with Gasteiger partial charge in [0.25, 0.3) is 5.91 Å². The Kier molecular flexibility index (Phi) is 7.79. The van der Waals surface area contributed by atoms with E-state index < -0.39 is 0 Å². The maximum Gasteiger partial charge on any atom is 0.306 e. The van der Waals surface area contributed by atoms with Crippen molar-refractivity contribution in [1.29, 1.82) is 0 Å². The number of ether oxygens (including phenoxy) is 2. The van der Waals surface area contributed by atoms with Crippen LogP contribution in [0.3, 0.4) is 0 Å². The minimum atomic E-state index is -0.336. The number of carbonyl (C=O) groups excluding carboxylic acids is 2. The molecule has 8 heteroatoms. The molecule has 0 aliphatic carbocycles. The summed E-state index contributed by atoms with van der Waals surface area (Å²) < 4.78 is 26.0. The number of methoxy groups -OCH3 is 1. The molecular formula is C23H30FN3O4. The summed E-state index contributed by atoms with van der Waals surface area (Å²) in [7, 11) is 1.57. The minimum Gasteiger partial charge on any atom is -0.462 e. The van der Waals surface area contributed by atoms with Gasteiger partial charge in [-0.2, -0.15) is 0 Å². The Morgan fingerprint density at radius 3 is 2.74 bits per heavy atom. The Balaban J connectivity index is 1.96. The number of benzene rings is 1. The van der Waals surface area contributed by atoms with Crippen LogP contribution in [-0.4, -0.2) is 47.8 Å². The molecule has 1 saturated heterocycles. The number of imidazole rings is 1. The minimum absolute atomic E-state index is 0.0266. The second-order valence-corrected chi connectivity index (χ2v) is 8.02. The van der Waals surface area contributed by atoms with E-state index in [1.807, 2.05) is 18.4 Å². The number of cyclic esters (lactones) is 1. The van der Waals surface area contributed by atoms with Crippen LogP contribution < -0.4 is 5.32 Å². The zero-order chi connectivity index (χ0) is 22.4. The molecule has 31 heavy (non-hydrogen) atoms. The molecule has 1 unspecified atom stereocenters. The van der Waals surface area contributed by atoms with Crippen molar-refractivity contribution in [2.45, 2.75) is 58.1 Å². The van der Waals surface area contributed by atoms with Crippen LogP contribution in [0, 0.1) is 5.82 Å². The maximum atomic E-state index is 13.5. The number of esters is 1. The maximum absolute atomic E-state index is 13.5. The van der Waals surface area contributed by atoms with Crippen LogP contribution in [0.1, 0.15) is 61.6 Å². The molecule has 1 aromatic heterocycles. The van der Waals surface area contributed by atoms with Crippen LogP contribution >= 0.6 is 0 Å². The van der Waals surface area contributed by atoms with Crippen molar-refractivity contribution < 1.29 is 23.5 Å². The van der Waals surface area contributed by atoms with Gasteiger partial charge in [0.15, 0.2) is 0 Å². The monoisotopic (exact) mass is 431 g/mol. The first kappa shape index (κ1) is 22.9. The number of rotatable bonds is 9. The molecule has 1 fully saturated rings. The van der Waals surface area contributed by atoms with Gasteiger partial charge in [-0.3, -0.25) is 9.59 Å². The lowest BCUT2D eigenvalue weighted by Gasteiger charge is -2.23. The van der Waals surface area contributed by atoms with E-state index in [0.29, 0.717) is 44.1 Å². The summed E-state index contributed by atoms with van der Waals surface area (Å²) in [5.41, 5.74) is 1.88. The lowest BCUT2D eigenvalue weighted by atomic mass is 10.0. The van der Waals surface area contributed by atoms with Gasteiger partial charge in [0.2, 0.25) is 0 Å². The van der Waals surface area contributed by atoms with Crippen molar-refractivity contribution in [3.8, 4) is 11.4 Å². The molecule has 3 rings (SSSR count). The third kappa shape index (κ3) is 5.70. The molecule has 1 aliphatic rings. The molecule has 168 valence electrons. The summed E-state index contributed by atoms with van der Waals surface area (Å²) in [4.78, 5) is 29.2. The first-order chi connectivity index (χ1) is 14.9. The molecule has 0 radical (unpaired) electrons. The Hall–Kier alpha value is -2.74. The number of carbonyl (C=O) groups is 2. The topological polar surface area (TPSA) is 82.5 Å². The first-order valence-corrected chi connectivity index (χ1v) is 10.7. The lowest BCUT2D eigenvalue weighted by molar-refractivity contribution is -0.154. The van der Waals surface area contributed by atoms with E-state index in [1.54, 1.807) is 19.2 Å². The zero-order valence-electron chi connectivity index (χ0n) is 18.3. The second-order valence-electron chi connectivity index (χ2n) is 8.02. The predicted molar refractivity (Wildman–Crippen MR) is 114 cm³/mol. The molecule has 1 aromatic carbocycles. The summed E-state index contributed by atoms with van der Waals surface area (Å²) in [5, 5.41) is 2.84. The molecule has 2 heterocycles. The fourth-order valence-corrected chi connectivity index (χ4v) is 3.87. The van der Waals surface area contributed by atoms with Gasteiger partial charge in [-0.15, -0.1) is 0 Å². The van der Waals surface area contributed by atoms with Crippen LogP contribution in [-0.2, 0) is 20.8 Å². The Bertz CT molecular complexity index is 908. The van der Waals surface area contributed by atoms with E-state index in [4.69, 9.17) is 9.47 Å². The van der Waals surface area contributed by atoms with E-state index in [9.17, 15) is 14.0 Å². The Morgan fingerprint density at radius 2 is 2.10 bits per heavy atom. The smallest absolute Gasteiger partial charge is 0.306 e. The van der Waals surface area contributed by atoms with Gasteiger partial charge in [0.1, 0.15) is 23.4 Å². The molecule has 1 amide bonds. The molecule has 1 aliphatic heterocycles. The van der Waals surface area contributed by atoms with Crippen molar-refractivity contribution >= 4 is 11.9 Å². The molecule has 0 spiro atoms. The predicted octanol–water partition coefficient (Wildman–Crippen LogP) is 3.67. The SMILES string of the molecule is COCCNC(=O)c1nc(-c2ccc(F)cc2)n(CCC2CCCC(=O)O2)c1C(C)C. The van der Waals surface area contributed by atoms with Gasteiger partial charge in [0.05, 0.1) is 12.3 Å². The quantitative estimate of drug-likeness (QED) is 0.484. The Labute approximate surface area is 181 Å². The number of hydrogen-bond donors (Lipinski definition) is 1. The van der Waals surface area contributed by atoms with E-state index >= 15 is 0 Å². The zero-order valence-corrected chi connectivity index (χ0v) is 18.3. The highest BCUT2D eigenvalue weighted by molar-refractivity contribution is 5.94. The Morgan fingerprint density at radius 1 is 1.35 bits per heavy atom. The average Bonchev–Trinajstić information content (AvgIpc) is 3.13. The van der Waals surface area contributed by atoms with Gasteiger partial charge in [-0.05, 0) is 43.0 Å². The molecule has 2 aromatic rings. The highest BCUT2D eigenvalue weighted by atomic mass is 19.1. The van der Waals surface area contributed by atoms with E-state index in [1.165, 1.54) is 12.1 Å². The average molecular weight is 432 g/mol. The van der Waals surface area contributed by atoms with E-state index in [-0.39, 0.29) is 29.7 Å². The standard InChI is InChI=1S/C23H30FN3O4/c1-15(2)21-20(23(29)25-12-14-30-3)26-22(16-7-9-17(24)10-8-16)27(21)13-11-18-5-4-6-19(28)31-18/h7-10,15,18H,4-6,11-14H2,1-3H3,(H,25,29). The molecular weight excluding hydrogens is 401 g/mol. The van der Waals surface area contributed by atoms with Crippen LogP contribution in [0.25, 0.3) is 11.4 Å². The van der Waals surface area contributed by atoms with Crippen molar-refractivity contribution in [3.05, 3.63) is 41.5 Å². The molecule has 0 saturated carbocycles. The van der Waals surface area contributed by atoms with Crippen molar-refractivity contribution in [3.63, 3.8) is 0 Å². The second kappa shape index (κ2) is 10.5. The lowest BCUT2D eigenvalue weighted by Crippen LogP contribution is -2.28. The normalized spacial score (nSPS) is 16.4. The highest BCUT2D eigenvalue weighted by Crippen LogP contribution is 2.29. The summed E-state index contributed by atoms with van der Waals surface area (Å²) in [6.45, 7) is 5.34. The van der Waals surface area contributed by atoms with Crippen molar-refractivity contribution in [1.82, 2.24) is 14.9 Å².